The first-order valence-electron chi connectivity index (χ1n) is 4.72. The molecule has 0 aromatic rings. The fourth-order valence-corrected chi connectivity index (χ4v) is 1.69. The molecule has 0 unspecified atom stereocenters. The van der Waals surface area contributed by atoms with Gasteiger partial charge in [-0.25, -0.2) is 0 Å². The van der Waals surface area contributed by atoms with E-state index in [1.165, 1.54) is 6.08 Å². The van der Waals surface area contributed by atoms with Crippen LogP contribution in [0.5, 0.6) is 0 Å². The van der Waals surface area contributed by atoms with Crippen LogP contribution in [0.3, 0.4) is 0 Å². The molecular formula is C10H15N3O. The Bertz CT molecular complexity index is 290. The number of nitriles is 1. The van der Waals surface area contributed by atoms with Crippen molar-refractivity contribution < 1.29 is 4.79 Å². The average Bonchev–Trinajstić information content (AvgIpc) is 2.51. The van der Waals surface area contributed by atoms with E-state index >= 15 is 0 Å². The highest BCUT2D eigenvalue weighted by molar-refractivity contribution is 5.94. The maximum Gasteiger partial charge on any atom is 0.174 e. The first kappa shape index (κ1) is 10.7. The number of nitrogens with two attached hydrogens (primary N) is 1. The number of allylic oxidation sites excluding steroid dienone is 1. The summed E-state index contributed by atoms with van der Waals surface area (Å²) in [6, 6.07) is 1.88. The highest BCUT2D eigenvalue weighted by Gasteiger charge is 2.26. The molecule has 1 rings (SSSR count). The average molecular weight is 193 g/mol. The lowest BCUT2D eigenvalue weighted by atomic mass is 10.1. The zero-order valence-electron chi connectivity index (χ0n) is 8.36. The molecule has 4 heteroatoms. The van der Waals surface area contributed by atoms with Gasteiger partial charge in [0.2, 0.25) is 0 Å². The van der Waals surface area contributed by atoms with Gasteiger partial charge in [-0.2, -0.15) is 5.26 Å². The van der Waals surface area contributed by atoms with E-state index in [-0.39, 0.29) is 18.2 Å². The van der Waals surface area contributed by atoms with Crippen molar-refractivity contribution in [2.75, 3.05) is 13.6 Å². The van der Waals surface area contributed by atoms with Gasteiger partial charge in [0.05, 0.1) is 18.5 Å². The zero-order valence-corrected chi connectivity index (χ0v) is 8.36. The number of hydrogen-bond donors (Lipinski definition) is 1. The minimum absolute atomic E-state index is 0.0257. The lowest BCUT2D eigenvalue weighted by Crippen LogP contribution is -2.32. The topological polar surface area (TPSA) is 70.1 Å². The molecule has 0 saturated carbocycles. The minimum Gasteiger partial charge on any atom is -0.401 e. The minimum atomic E-state index is -0.0350. The standard InChI is InChI=1S/C10H15N3O/c1-13-6-2-3-9(13)10(14)7-8(12)4-5-11/h7,9H,2-4,6,12H2,1H3/b8-7-/t9-/m0/s1. The van der Waals surface area contributed by atoms with Crippen molar-refractivity contribution in [1.82, 2.24) is 4.90 Å². The van der Waals surface area contributed by atoms with Crippen LogP contribution in [0.25, 0.3) is 0 Å². The molecule has 1 heterocycles. The predicted molar refractivity (Wildman–Crippen MR) is 53.2 cm³/mol. The molecule has 0 aliphatic carbocycles. The van der Waals surface area contributed by atoms with Gasteiger partial charge in [-0.1, -0.05) is 0 Å². The summed E-state index contributed by atoms with van der Waals surface area (Å²) in [5.41, 5.74) is 5.86. The second-order valence-electron chi connectivity index (χ2n) is 3.60. The highest BCUT2D eigenvalue weighted by Crippen LogP contribution is 2.16. The monoisotopic (exact) mass is 193 g/mol. The van der Waals surface area contributed by atoms with E-state index in [4.69, 9.17) is 11.0 Å². The predicted octanol–water partition coefficient (Wildman–Crippen LogP) is 0.406. The number of likely N-dealkylation sites (tertiary alicyclic amines) is 1. The van der Waals surface area contributed by atoms with Crippen molar-refractivity contribution in [2.24, 2.45) is 5.73 Å². The SMILES string of the molecule is CN1CCC[C@H]1C(=O)/C=C(\N)CC#N. The molecule has 76 valence electrons. The van der Waals surface area contributed by atoms with E-state index in [1.807, 2.05) is 18.0 Å². The molecule has 1 aliphatic heterocycles. The van der Waals surface area contributed by atoms with Crippen molar-refractivity contribution in [3.63, 3.8) is 0 Å². The summed E-state index contributed by atoms with van der Waals surface area (Å²) < 4.78 is 0. The van der Waals surface area contributed by atoms with Crippen molar-refractivity contribution in [3.05, 3.63) is 11.8 Å². The molecule has 1 fully saturated rings. The van der Waals surface area contributed by atoms with E-state index in [2.05, 4.69) is 0 Å². The molecule has 1 aliphatic rings. The second-order valence-corrected chi connectivity index (χ2v) is 3.60. The molecule has 14 heavy (non-hydrogen) atoms. The fraction of sp³-hybridized carbons (Fsp3) is 0.600. The third-order valence-corrected chi connectivity index (χ3v) is 2.46. The van der Waals surface area contributed by atoms with Crippen LogP contribution in [-0.4, -0.2) is 30.3 Å². The summed E-state index contributed by atoms with van der Waals surface area (Å²) in [5, 5.41) is 8.37. The molecule has 0 aromatic heterocycles. The lowest BCUT2D eigenvalue weighted by molar-refractivity contribution is -0.118. The second kappa shape index (κ2) is 4.77. The van der Waals surface area contributed by atoms with E-state index in [0.717, 1.165) is 19.4 Å². The van der Waals surface area contributed by atoms with Crippen LogP contribution in [0.4, 0.5) is 0 Å². The molecular weight excluding hydrogens is 178 g/mol. The van der Waals surface area contributed by atoms with Crippen LogP contribution < -0.4 is 5.73 Å². The Morgan fingerprint density at radius 1 is 1.79 bits per heavy atom. The highest BCUT2D eigenvalue weighted by atomic mass is 16.1. The maximum absolute atomic E-state index is 11.6. The molecule has 0 spiro atoms. The van der Waals surface area contributed by atoms with Crippen molar-refractivity contribution in [3.8, 4) is 6.07 Å². The molecule has 0 aromatic carbocycles. The van der Waals surface area contributed by atoms with E-state index in [1.54, 1.807) is 0 Å². The van der Waals surface area contributed by atoms with Gasteiger partial charge in [0.25, 0.3) is 0 Å². The lowest BCUT2D eigenvalue weighted by Gasteiger charge is -2.16. The number of likely N-dealkylation sites (N-methyl/N-ethyl adjacent to an activating group) is 1. The van der Waals surface area contributed by atoms with Gasteiger partial charge in [0.15, 0.2) is 5.78 Å². The van der Waals surface area contributed by atoms with Gasteiger partial charge in [-0.05, 0) is 26.4 Å². The van der Waals surface area contributed by atoms with Crippen LogP contribution in [0.15, 0.2) is 11.8 Å². The number of rotatable bonds is 3. The molecule has 0 radical (unpaired) electrons. The number of ketones is 1. The Hall–Kier alpha value is -1.34. The maximum atomic E-state index is 11.6. The summed E-state index contributed by atoms with van der Waals surface area (Å²) >= 11 is 0. The number of carbonyl (C=O) groups excluding carboxylic acids is 1. The summed E-state index contributed by atoms with van der Waals surface area (Å²) in [6.07, 6.45) is 3.47. The molecule has 1 saturated heterocycles. The van der Waals surface area contributed by atoms with Crippen LogP contribution in [0.1, 0.15) is 19.3 Å². The molecule has 0 amide bonds. The van der Waals surface area contributed by atoms with Gasteiger partial charge < -0.3 is 5.73 Å². The summed E-state index contributed by atoms with van der Waals surface area (Å²) in [7, 11) is 1.93. The Morgan fingerprint density at radius 2 is 2.50 bits per heavy atom. The quantitative estimate of drug-likeness (QED) is 0.659. The zero-order chi connectivity index (χ0) is 10.6. The third kappa shape index (κ3) is 2.57. The molecule has 4 nitrogen and oxygen atoms in total. The summed E-state index contributed by atoms with van der Waals surface area (Å²) in [4.78, 5) is 13.7. The van der Waals surface area contributed by atoms with Crippen molar-refractivity contribution in [2.45, 2.75) is 25.3 Å². The van der Waals surface area contributed by atoms with Gasteiger partial charge in [-0.15, -0.1) is 0 Å². The Morgan fingerprint density at radius 3 is 3.00 bits per heavy atom. The number of hydrogen-bond acceptors (Lipinski definition) is 4. The Kier molecular flexibility index (Phi) is 3.66. The molecule has 0 bridgehead atoms. The van der Waals surface area contributed by atoms with Gasteiger partial charge in [-0.3, -0.25) is 9.69 Å². The van der Waals surface area contributed by atoms with E-state index in [9.17, 15) is 4.79 Å². The van der Waals surface area contributed by atoms with E-state index in [0.29, 0.717) is 5.70 Å². The summed E-state index contributed by atoms with van der Waals surface area (Å²) in [6.45, 7) is 0.961. The third-order valence-electron chi connectivity index (χ3n) is 2.46. The van der Waals surface area contributed by atoms with Crippen LogP contribution >= 0.6 is 0 Å². The van der Waals surface area contributed by atoms with Crippen LogP contribution in [-0.2, 0) is 4.79 Å². The van der Waals surface area contributed by atoms with E-state index < -0.39 is 0 Å². The van der Waals surface area contributed by atoms with Gasteiger partial charge in [0.1, 0.15) is 0 Å². The smallest absolute Gasteiger partial charge is 0.174 e. The van der Waals surface area contributed by atoms with Crippen molar-refractivity contribution >= 4 is 5.78 Å². The van der Waals surface area contributed by atoms with Crippen molar-refractivity contribution in [1.29, 1.82) is 5.26 Å². The van der Waals surface area contributed by atoms with Gasteiger partial charge >= 0.3 is 0 Å². The fourth-order valence-electron chi connectivity index (χ4n) is 1.69. The van der Waals surface area contributed by atoms with Crippen LogP contribution in [0.2, 0.25) is 0 Å². The largest absolute Gasteiger partial charge is 0.401 e. The first-order valence-corrected chi connectivity index (χ1v) is 4.72. The van der Waals surface area contributed by atoms with Crippen LogP contribution in [0, 0.1) is 11.3 Å². The first-order chi connectivity index (χ1) is 6.65. The Labute approximate surface area is 84.0 Å². The normalized spacial score (nSPS) is 23.4. The van der Waals surface area contributed by atoms with Gasteiger partial charge in [0, 0.05) is 11.8 Å². The Balaban J connectivity index is 2.58. The summed E-state index contributed by atoms with van der Waals surface area (Å²) in [5.74, 6) is 0.0257. The molecule has 1 atom stereocenters. The number of carbonyl (C=O) groups is 1. The number of nitrogens with zero attached hydrogens (tertiary/aromatic N) is 2. The molecule has 2 N–H and O–H groups in total.